The van der Waals surface area contributed by atoms with Gasteiger partial charge in [0, 0.05) is 39.9 Å². The molecule has 0 unspecified atom stereocenters. The lowest BCUT2D eigenvalue weighted by Gasteiger charge is -2.14. The van der Waals surface area contributed by atoms with Crippen molar-refractivity contribution in [2.24, 2.45) is 10.9 Å². The van der Waals surface area contributed by atoms with Crippen LogP contribution in [0, 0.1) is 5.92 Å². The molecule has 0 amide bonds. The van der Waals surface area contributed by atoms with Gasteiger partial charge in [-0.15, -0.1) is 24.0 Å². The number of hydrogen-bond donors (Lipinski definition) is 2. The first-order valence-corrected chi connectivity index (χ1v) is 7.73. The van der Waals surface area contributed by atoms with E-state index in [4.69, 9.17) is 0 Å². The molecule has 0 spiro atoms. The summed E-state index contributed by atoms with van der Waals surface area (Å²) < 4.78 is 0. The fraction of sp³-hybridized carbons (Fsp3) is 0.588. The van der Waals surface area contributed by atoms with Crippen molar-refractivity contribution in [3.05, 3.63) is 29.8 Å². The van der Waals surface area contributed by atoms with Crippen LogP contribution in [0.15, 0.2) is 29.3 Å². The Labute approximate surface area is 152 Å². The fourth-order valence-corrected chi connectivity index (χ4v) is 1.98. The normalized spacial score (nSPS) is 11.1. The highest BCUT2D eigenvalue weighted by Gasteiger charge is 2.00. The summed E-state index contributed by atoms with van der Waals surface area (Å²) in [6.07, 6.45) is 2.19. The van der Waals surface area contributed by atoms with Crippen LogP contribution in [0.2, 0.25) is 0 Å². The third kappa shape index (κ3) is 8.46. The highest BCUT2D eigenvalue weighted by atomic mass is 127. The van der Waals surface area contributed by atoms with Crippen molar-refractivity contribution in [1.29, 1.82) is 0 Å². The summed E-state index contributed by atoms with van der Waals surface area (Å²) in [6.45, 7) is 6.27. The molecule has 1 aromatic carbocycles. The molecule has 0 atom stereocenters. The molecule has 0 saturated heterocycles. The average molecular weight is 418 g/mol. The Morgan fingerprint density at radius 1 is 1.14 bits per heavy atom. The predicted molar refractivity (Wildman–Crippen MR) is 109 cm³/mol. The highest BCUT2D eigenvalue weighted by Crippen LogP contribution is 2.13. The molecule has 4 nitrogen and oxygen atoms in total. The molecule has 0 radical (unpaired) electrons. The van der Waals surface area contributed by atoms with Gasteiger partial charge in [-0.1, -0.05) is 26.0 Å². The summed E-state index contributed by atoms with van der Waals surface area (Å²) in [4.78, 5) is 6.35. The smallest absolute Gasteiger partial charge is 0.190 e. The second kappa shape index (κ2) is 11.6. The van der Waals surface area contributed by atoms with Crippen LogP contribution in [-0.4, -0.2) is 40.2 Å². The van der Waals surface area contributed by atoms with Crippen molar-refractivity contribution >= 4 is 35.6 Å². The van der Waals surface area contributed by atoms with Crippen molar-refractivity contribution < 1.29 is 0 Å². The lowest BCUT2D eigenvalue weighted by atomic mass is 10.1. The van der Waals surface area contributed by atoms with Crippen LogP contribution in [0.1, 0.15) is 25.8 Å². The number of nitrogens with zero attached hydrogens (tertiary/aromatic N) is 2. The van der Waals surface area contributed by atoms with E-state index in [-0.39, 0.29) is 24.0 Å². The molecule has 0 aliphatic carbocycles. The molecule has 0 bridgehead atoms. The minimum atomic E-state index is 0. The van der Waals surface area contributed by atoms with Crippen molar-refractivity contribution in [1.82, 2.24) is 10.6 Å². The molecule has 5 heteroatoms. The van der Waals surface area contributed by atoms with Gasteiger partial charge in [0.15, 0.2) is 5.96 Å². The van der Waals surface area contributed by atoms with E-state index in [1.54, 1.807) is 0 Å². The molecule has 0 heterocycles. The van der Waals surface area contributed by atoms with Gasteiger partial charge >= 0.3 is 0 Å². The number of hydrogen-bond acceptors (Lipinski definition) is 2. The van der Waals surface area contributed by atoms with E-state index in [1.165, 1.54) is 11.3 Å². The van der Waals surface area contributed by atoms with Gasteiger partial charge in [-0.25, -0.2) is 0 Å². The van der Waals surface area contributed by atoms with E-state index in [2.05, 4.69) is 72.7 Å². The quantitative estimate of drug-likeness (QED) is 0.309. The van der Waals surface area contributed by atoms with Gasteiger partial charge in [0.05, 0.1) is 0 Å². The van der Waals surface area contributed by atoms with Gasteiger partial charge in [-0.3, -0.25) is 4.99 Å². The van der Waals surface area contributed by atoms with Crippen LogP contribution in [0.4, 0.5) is 5.69 Å². The molecule has 0 fully saturated rings. The largest absolute Gasteiger partial charge is 0.378 e. The van der Waals surface area contributed by atoms with Crippen molar-refractivity contribution in [3.63, 3.8) is 0 Å². The Kier molecular flexibility index (Phi) is 11.1. The predicted octanol–water partition coefficient (Wildman–Crippen LogP) is 3.12. The first kappa shape index (κ1) is 21.0. The molecule has 126 valence electrons. The van der Waals surface area contributed by atoms with Crippen molar-refractivity contribution in [2.75, 3.05) is 39.1 Å². The number of anilines is 1. The average Bonchev–Trinajstić information content (AvgIpc) is 2.46. The Balaban J connectivity index is 0.00000441. The molecule has 1 rings (SSSR count). The maximum atomic E-state index is 4.22. The molecule has 0 aliphatic heterocycles. The minimum Gasteiger partial charge on any atom is -0.378 e. The second-order valence-electron chi connectivity index (χ2n) is 5.94. The van der Waals surface area contributed by atoms with Gasteiger partial charge < -0.3 is 15.5 Å². The Hall–Kier alpha value is -0.980. The van der Waals surface area contributed by atoms with Crippen LogP contribution >= 0.6 is 24.0 Å². The van der Waals surface area contributed by atoms with E-state index in [1.807, 2.05) is 7.05 Å². The lowest BCUT2D eigenvalue weighted by Crippen LogP contribution is -2.39. The SMILES string of the molecule is CN=C(NCCCc1ccc(N(C)C)cc1)NCC(C)C.I. The summed E-state index contributed by atoms with van der Waals surface area (Å²) in [7, 11) is 5.94. The summed E-state index contributed by atoms with van der Waals surface area (Å²) in [5.74, 6) is 1.52. The van der Waals surface area contributed by atoms with E-state index in [0.29, 0.717) is 5.92 Å². The molecule has 0 aliphatic rings. The standard InChI is InChI=1S/C17H30N4.HI/c1-14(2)13-20-17(18-3)19-12-6-7-15-8-10-16(11-9-15)21(4)5;/h8-11,14H,6-7,12-13H2,1-5H3,(H2,18,19,20);1H. The summed E-state index contributed by atoms with van der Waals surface area (Å²) in [5.41, 5.74) is 2.63. The molecular weight excluding hydrogens is 387 g/mol. The number of nitrogens with one attached hydrogen (secondary N) is 2. The molecule has 1 aromatic rings. The zero-order valence-corrected chi connectivity index (χ0v) is 16.8. The van der Waals surface area contributed by atoms with Gasteiger partial charge in [0.25, 0.3) is 0 Å². The van der Waals surface area contributed by atoms with Gasteiger partial charge in [0.2, 0.25) is 0 Å². The lowest BCUT2D eigenvalue weighted by molar-refractivity contribution is 0.612. The van der Waals surface area contributed by atoms with Gasteiger partial charge in [-0.2, -0.15) is 0 Å². The highest BCUT2D eigenvalue weighted by molar-refractivity contribution is 14.0. The van der Waals surface area contributed by atoms with E-state index >= 15 is 0 Å². The number of aliphatic imine (C=N–C) groups is 1. The number of rotatable bonds is 7. The minimum absolute atomic E-state index is 0. The van der Waals surface area contributed by atoms with E-state index < -0.39 is 0 Å². The van der Waals surface area contributed by atoms with Crippen molar-refractivity contribution in [2.45, 2.75) is 26.7 Å². The zero-order valence-electron chi connectivity index (χ0n) is 14.5. The zero-order chi connectivity index (χ0) is 15.7. The Morgan fingerprint density at radius 3 is 2.27 bits per heavy atom. The van der Waals surface area contributed by atoms with Gasteiger partial charge in [0.1, 0.15) is 0 Å². The first-order chi connectivity index (χ1) is 10.0. The topological polar surface area (TPSA) is 39.7 Å². The summed E-state index contributed by atoms with van der Waals surface area (Å²) >= 11 is 0. The van der Waals surface area contributed by atoms with Crippen LogP contribution < -0.4 is 15.5 Å². The fourth-order valence-electron chi connectivity index (χ4n) is 1.98. The molecule has 22 heavy (non-hydrogen) atoms. The van der Waals surface area contributed by atoms with Crippen LogP contribution in [0.5, 0.6) is 0 Å². The summed E-state index contributed by atoms with van der Waals surface area (Å²) in [6, 6.07) is 8.76. The number of halogens is 1. The van der Waals surface area contributed by atoms with Crippen molar-refractivity contribution in [3.8, 4) is 0 Å². The van der Waals surface area contributed by atoms with E-state index in [9.17, 15) is 0 Å². The number of guanidine groups is 1. The Bertz CT molecular complexity index is 427. The maximum Gasteiger partial charge on any atom is 0.190 e. The van der Waals surface area contributed by atoms with E-state index in [0.717, 1.165) is 31.9 Å². The maximum absolute atomic E-state index is 4.22. The molecular formula is C17H31IN4. The van der Waals surface area contributed by atoms with Crippen LogP contribution in [0.3, 0.4) is 0 Å². The third-order valence-electron chi connectivity index (χ3n) is 3.29. The van der Waals surface area contributed by atoms with Crippen LogP contribution in [-0.2, 0) is 6.42 Å². The van der Waals surface area contributed by atoms with Crippen LogP contribution in [0.25, 0.3) is 0 Å². The monoisotopic (exact) mass is 418 g/mol. The third-order valence-corrected chi connectivity index (χ3v) is 3.29. The molecule has 2 N–H and O–H groups in total. The number of aryl methyl sites for hydroxylation is 1. The molecule has 0 aromatic heterocycles. The van der Waals surface area contributed by atoms with Gasteiger partial charge in [-0.05, 0) is 36.5 Å². The summed E-state index contributed by atoms with van der Waals surface area (Å²) in [5, 5.41) is 6.68. The Morgan fingerprint density at radius 2 is 1.77 bits per heavy atom. The molecule has 0 saturated carbocycles. The number of benzene rings is 1. The first-order valence-electron chi connectivity index (χ1n) is 7.73. The second-order valence-corrected chi connectivity index (χ2v) is 5.94.